The Bertz CT molecular complexity index is 550. The fourth-order valence-corrected chi connectivity index (χ4v) is 1.39. The molecule has 0 bridgehead atoms. The molecule has 0 saturated heterocycles. The molecule has 0 aliphatic carbocycles. The highest BCUT2D eigenvalue weighted by Gasteiger charge is 2.24. The van der Waals surface area contributed by atoms with Crippen LogP contribution in [0.5, 0.6) is 0 Å². The van der Waals surface area contributed by atoms with Gasteiger partial charge >= 0.3 is 5.97 Å². The first-order valence-electron chi connectivity index (χ1n) is 5.45. The minimum atomic E-state index is -1.41. The average molecular weight is 272 g/mol. The third-order valence-electron chi connectivity index (χ3n) is 2.28. The molecular formula is C13H11F3O3. The van der Waals surface area contributed by atoms with Gasteiger partial charge in [-0.2, -0.15) is 0 Å². The second-order valence-corrected chi connectivity index (χ2v) is 3.50. The molecule has 102 valence electrons. The second-order valence-electron chi connectivity index (χ2n) is 3.50. The van der Waals surface area contributed by atoms with Crippen LogP contribution in [0.25, 0.3) is 0 Å². The normalized spacial score (nSPS) is 11.3. The zero-order chi connectivity index (χ0) is 14.6. The molecule has 19 heavy (non-hydrogen) atoms. The van der Waals surface area contributed by atoms with Crippen LogP contribution >= 0.6 is 0 Å². The number of ketones is 1. The number of hydrogen-bond acceptors (Lipinski definition) is 3. The molecule has 1 rings (SSSR count). The first kappa shape index (κ1) is 14.9. The number of halogens is 3. The van der Waals surface area contributed by atoms with Gasteiger partial charge in [0.25, 0.3) is 0 Å². The van der Waals surface area contributed by atoms with Crippen LogP contribution in [0.2, 0.25) is 0 Å². The van der Waals surface area contributed by atoms with Gasteiger partial charge < -0.3 is 4.74 Å². The van der Waals surface area contributed by atoms with E-state index in [4.69, 9.17) is 0 Å². The lowest BCUT2D eigenvalue weighted by atomic mass is 10.0. The van der Waals surface area contributed by atoms with Crippen LogP contribution < -0.4 is 0 Å². The molecule has 1 aromatic carbocycles. The van der Waals surface area contributed by atoms with Crippen LogP contribution in [0.4, 0.5) is 13.2 Å². The Hall–Kier alpha value is -2.11. The number of rotatable bonds is 4. The van der Waals surface area contributed by atoms with E-state index in [9.17, 15) is 22.8 Å². The summed E-state index contributed by atoms with van der Waals surface area (Å²) >= 11 is 0. The lowest BCUT2D eigenvalue weighted by Gasteiger charge is -2.07. The highest BCUT2D eigenvalue weighted by Crippen LogP contribution is 2.18. The van der Waals surface area contributed by atoms with Gasteiger partial charge in [-0.3, -0.25) is 4.79 Å². The quantitative estimate of drug-likeness (QED) is 0.211. The van der Waals surface area contributed by atoms with Gasteiger partial charge in [0.2, 0.25) is 5.78 Å². The smallest absolute Gasteiger partial charge is 0.341 e. The monoisotopic (exact) mass is 272 g/mol. The van der Waals surface area contributed by atoms with E-state index in [0.29, 0.717) is 6.07 Å². The van der Waals surface area contributed by atoms with Crippen LogP contribution in [-0.4, -0.2) is 18.4 Å². The van der Waals surface area contributed by atoms with Crippen molar-refractivity contribution < 1.29 is 27.5 Å². The molecule has 0 saturated carbocycles. The van der Waals surface area contributed by atoms with Crippen molar-refractivity contribution in [3.8, 4) is 0 Å². The molecule has 0 radical (unpaired) electrons. The van der Waals surface area contributed by atoms with E-state index in [0.717, 1.165) is 6.08 Å². The van der Waals surface area contributed by atoms with E-state index < -0.39 is 40.3 Å². The number of allylic oxidation sites excluding steroid dienone is 1. The number of Topliss-reactive ketones (excluding diaryl/α,β-unsaturated/α-hetero) is 1. The first-order chi connectivity index (χ1) is 8.92. The molecule has 0 aromatic heterocycles. The number of benzene rings is 1. The number of esters is 1. The zero-order valence-electron chi connectivity index (χ0n) is 10.3. The molecular weight excluding hydrogens is 261 g/mol. The summed E-state index contributed by atoms with van der Waals surface area (Å²) in [6.45, 7) is 2.94. The van der Waals surface area contributed by atoms with E-state index in [1.165, 1.54) is 13.8 Å². The Labute approximate surface area is 107 Å². The predicted octanol–water partition coefficient (Wildman–Crippen LogP) is 2.80. The molecule has 0 N–H and O–H groups in total. The van der Waals surface area contributed by atoms with E-state index >= 15 is 0 Å². The topological polar surface area (TPSA) is 43.4 Å². The standard InChI is InChI=1S/C13H11F3O3/c1-3-7(13(18)19-4-2)12(17)8-5-10(15)11(16)6-9(8)14/h3,5-6H,4H2,1-2H3/b7-3-. The maximum atomic E-state index is 13.4. The SMILES string of the molecule is C/C=C(\C(=O)OCC)C(=O)c1cc(F)c(F)cc1F. The van der Waals surface area contributed by atoms with Crippen LogP contribution in [0.3, 0.4) is 0 Å². The summed E-state index contributed by atoms with van der Waals surface area (Å²) in [5.41, 5.74) is -1.16. The van der Waals surface area contributed by atoms with Crippen molar-refractivity contribution in [3.05, 3.63) is 46.8 Å². The molecule has 0 fully saturated rings. The fourth-order valence-electron chi connectivity index (χ4n) is 1.39. The highest BCUT2D eigenvalue weighted by molar-refractivity contribution is 6.24. The Morgan fingerprint density at radius 3 is 2.26 bits per heavy atom. The summed E-state index contributed by atoms with van der Waals surface area (Å²) in [6, 6.07) is 0.663. The van der Waals surface area contributed by atoms with E-state index in [2.05, 4.69) is 4.74 Å². The lowest BCUT2D eigenvalue weighted by molar-refractivity contribution is -0.138. The Balaban J connectivity index is 3.19. The molecule has 0 amide bonds. The van der Waals surface area contributed by atoms with Crippen molar-refractivity contribution in [2.45, 2.75) is 13.8 Å². The van der Waals surface area contributed by atoms with Gasteiger partial charge in [0.15, 0.2) is 11.6 Å². The third kappa shape index (κ3) is 3.21. The van der Waals surface area contributed by atoms with Gasteiger partial charge in [0.05, 0.1) is 12.2 Å². The second kappa shape index (κ2) is 6.17. The van der Waals surface area contributed by atoms with Crippen molar-refractivity contribution in [2.24, 2.45) is 0 Å². The summed E-state index contributed by atoms with van der Waals surface area (Å²) in [5, 5.41) is 0. The van der Waals surface area contributed by atoms with Crippen molar-refractivity contribution >= 4 is 11.8 Å². The average Bonchev–Trinajstić information content (AvgIpc) is 2.34. The fraction of sp³-hybridized carbons (Fsp3) is 0.231. The summed E-state index contributed by atoms with van der Waals surface area (Å²) < 4.78 is 43.8. The molecule has 0 aliphatic rings. The van der Waals surface area contributed by atoms with Gasteiger partial charge in [-0.25, -0.2) is 18.0 Å². The Morgan fingerprint density at radius 1 is 1.16 bits per heavy atom. The molecule has 1 aromatic rings. The summed E-state index contributed by atoms with van der Waals surface area (Å²) in [6.07, 6.45) is 1.13. The van der Waals surface area contributed by atoms with E-state index in [1.54, 1.807) is 0 Å². The zero-order valence-corrected chi connectivity index (χ0v) is 10.3. The van der Waals surface area contributed by atoms with Crippen LogP contribution in [0.1, 0.15) is 24.2 Å². The highest BCUT2D eigenvalue weighted by atomic mass is 19.2. The van der Waals surface area contributed by atoms with E-state index in [-0.39, 0.29) is 12.7 Å². The van der Waals surface area contributed by atoms with Crippen molar-refractivity contribution in [1.29, 1.82) is 0 Å². The van der Waals surface area contributed by atoms with Gasteiger partial charge in [0, 0.05) is 6.07 Å². The van der Waals surface area contributed by atoms with Crippen molar-refractivity contribution in [1.82, 2.24) is 0 Å². The number of hydrogen-bond donors (Lipinski definition) is 0. The number of carbonyl (C=O) groups is 2. The van der Waals surface area contributed by atoms with Crippen molar-refractivity contribution in [2.75, 3.05) is 6.61 Å². The first-order valence-corrected chi connectivity index (χ1v) is 5.45. The minimum absolute atomic E-state index is 0.0315. The third-order valence-corrected chi connectivity index (χ3v) is 2.28. The van der Waals surface area contributed by atoms with Crippen molar-refractivity contribution in [3.63, 3.8) is 0 Å². The van der Waals surface area contributed by atoms with Crippen LogP contribution in [-0.2, 0) is 9.53 Å². The molecule has 0 atom stereocenters. The number of ether oxygens (including phenoxy) is 1. The summed E-state index contributed by atoms with van der Waals surface area (Å²) in [7, 11) is 0. The van der Waals surface area contributed by atoms with Gasteiger partial charge in [-0.15, -0.1) is 0 Å². The molecule has 0 unspecified atom stereocenters. The summed E-state index contributed by atoms with van der Waals surface area (Å²) in [5.74, 6) is -6.03. The van der Waals surface area contributed by atoms with Crippen LogP contribution in [0.15, 0.2) is 23.8 Å². The molecule has 0 heterocycles. The van der Waals surface area contributed by atoms with Gasteiger partial charge in [-0.05, 0) is 19.9 Å². The molecule has 0 spiro atoms. The Morgan fingerprint density at radius 2 is 1.74 bits per heavy atom. The Kier molecular flexibility index (Phi) is 4.86. The minimum Gasteiger partial charge on any atom is -0.462 e. The molecule has 3 nitrogen and oxygen atoms in total. The van der Waals surface area contributed by atoms with Gasteiger partial charge in [0.1, 0.15) is 11.4 Å². The van der Waals surface area contributed by atoms with Crippen LogP contribution in [0, 0.1) is 17.5 Å². The van der Waals surface area contributed by atoms with E-state index in [1.807, 2.05) is 0 Å². The lowest BCUT2D eigenvalue weighted by Crippen LogP contribution is -2.17. The molecule has 0 aliphatic heterocycles. The maximum Gasteiger partial charge on any atom is 0.341 e. The largest absolute Gasteiger partial charge is 0.462 e. The predicted molar refractivity (Wildman–Crippen MR) is 61.0 cm³/mol. The number of carbonyl (C=O) groups excluding carboxylic acids is 2. The molecule has 6 heteroatoms. The maximum absolute atomic E-state index is 13.4. The van der Waals surface area contributed by atoms with Gasteiger partial charge in [-0.1, -0.05) is 6.08 Å². The summed E-state index contributed by atoms with van der Waals surface area (Å²) in [4.78, 5) is 23.3.